The van der Waals surface area contributed by atoms with Crippen molar-refractivity contribution in [3.8, 4) is 5.75 Å². The minimum Gasteiger partial charge on any atom is -0.508 e. The lowest BCUT2D eigenvalue weighted by Gasteiger charge is -2.08. The molecule has 2 aromatic heterocycles. The quantitative estimate of drug-likeness (QED) is 0.435. The van der Waals surface area contributed by atoms with Crippen LogP contribution >= 0.6 is 0 Å². The lowest BCUT2D eigenvalue weighted by atomic mass is 10.1. The highest BCUT2D eigenvalue weighted by Gasteiger charge is 2.17. The number of hydrogen-bond donors (Lipinski definition) is 2. The maximum absolute atomic E-state index is 12.4. The molecular formula is C19H14N2O5. The van der Waals surface area contributed by atoms with Crippen molar-refractivity contribution >= 4 is 27.8 Å². The summed E-state index contributed by atoms with van der Waals surface area (Å²) >= 11 is 0. The Morgan fingerprint density at radius 3 is 2.88 bits per heavy atom. The molecule has 0 bridgehead atoms. The number of carbonyl (C=O) groups is 1. The number of aromatic nitrogens is 2. The molecule has 2 N–H and O–H groups in total. The zero-order valence-corrected chi connectivity index (χ0v) is 13.8. The molecule has 26 heavy (non-hydrogen) atoms. The van der Waals surface area contributed by atoms with Gasteiger partial charge in [-0.3, -0.25) is 5.10 Å². The monoisotopic (exact) mass is 350 g/mol. The second kappa shape index (κ2) is 6.03. The van der Waals surface area contributed by atoms with E-state index in [-0.39, 0.29) is 23.6 Å². The Kier molecular flexibility index (Phi) is 3.69. The summed E-state index contributed by atoms with van der Waals surface area (Å²) in [5, 5.41) is 17.8. The predicted molar refractivity (Wildman–Crippen MR) is 94.1 cm³/mol. The van der Waals surface area contributed by atoms with Crippen molar-refractivity contribution in [2.24, 2.45) is 0 Å². The second-order valence-electron chi connectivity index (χ2n) is 5.87. The van der Waals surface area contributed by atoms with Crippen LogP contribution in [-0.2, 0) is 11.3 Å². The number of phenols is 1. The van der Waals surface area contributed by atoms with Crippen LogP contribution in [0.5, 0.6) is 5.75 Å². The highest BCUT2D eigenvalue weighted by Crippen LogP contribution is 2.28. The zero-order chi connectivity index (χ0) is 18.3. The normalized spacial score (nSPS) is 11.1. The third-order valence-corrected chi connectivity index (χ3v) is 4.24. The van der Waals surface area contributed by atoms with Gasteiger partial charge in [0.2, 0.25) is 0 Å². The Morgan fingerprint density at radius 2 is 2.04 bits per heavy atom. The van der Waals surface area contributed by atoms with E-state index in [1.807, 2.05) is 12.1 Å². The molecule has 0 aliphatic rings. The van der Waals surface area contributed by atoms with E-state index in [4.69, 9.17) is 9.15 Å². The van der Waals surface area contributed by atoms with Gasteiger partial charge in [0, 0.05) is 28.0 Å². The molecule has 0 aliphatic heterocycles. The number of rotatable bonds is 3. The largest absolute Gasteiger partial charge is 0.508 e. The Balaban J connectivity index is 1.67. The first kappa shape index (κ1) is 15.9. The Bertz CT molecular complexity index is 1210. The van der Waals surface area contributed by atoms with Gasteiger partial charge in [-0.1, -0.05) is 18.2 Å². The minimum absolute atomic E-state index is 0.0257. The summed E-state index contributed by atoms with van der Waals surface area (Å²) in [6.45, 7) is 1.53. The number of nitrogens with zero attached hydrogens (tertiary/aromatic N) is 1. The Hall–Kier alpha value is -3.61. The summed E-state index contributed by atoms with van der Waals surface area (Å²) in [5.74, 6) is -0.572. The predicted octanol–water partition coefficient (Wildman–Crippen LogP) is 3.04. The van der Waals surface area contributed by atoms with Crippen molar-refractivity contribution in [2.45, 2.75) is 13.5 Å². The van der Waals surface area contributed by atoms with E-state index in [1.54, 1.807) is 25.1 Å². The Morgan fingerprint density at radius 1 is 1.23 bits per heavy atom. The van der Waals surface area contributed by atoms with E-state index < -0.39 is 11.6 Å². The van der Waals surface area contributed by atoms with Gasteiger partial charge in [0.25, 0.3) is 0 Å². The molecule has 7 nitrogen and oxygen atoms in total. The van der Waals surface area contributed by atoms with Crippen molar-refractivity contribution in [2.75, 3.05) is 0 Å². The topological polar surface area (TPSA) is 105 Å². The zero-order valence-electron chi connectivity index (χ0n) is 13.8. The molecule has 0 saturated heterocycles. The minimum atomic E-state index is -0.598. The molecule has 0 unspecified atom stereocenters. The molecule has 7 heteroatoms. The van der Waals surface area contributed by atoms with E-state index in [2.05, 4.69) is 10.2 Å². The van der Waals surface area contributed by atoms with Gasteiger partial charge in [-0.15, -0.1) is 0 Å². The molecule has 0 spiro atoms. The van der Waals surface area contributed by atoms with Gasteiger partial charge in [-0.05, 0) is 25.1 Å². The molecule has 130 valence electrons. The van der Waals surface area contributed by atoms with Gasteiger partial charge in [0.05, 0.1) is 5.52 Å². The average Bonchev–Trinajstić information content (AvgIpc) is 3.07. The fraction of sp³-hybridized carbons (Fsp3) is 0.105. The number of phenolic OH excluding ortho intramolecular Hbond substituents is 1. The molecule has 0 saturated carbocycles. The number of esters is 1. The van der Waals surface area contributed by atoms with Gasteiger partial charge in [-0.2, -0.15) is 5.10 Å². The van der Waals surface area contributed by atoms with Crippen molar-refractivity contribution in [1.29, 1.82) is 0 Å². The van der Waals surface area contributed by atoms with E-state index in [9.17, 15) is 14.7 Å². The lowest BCUT2D eigenvalue weighted by Crippen LogP contribution is -2.09. The van der Waals surface area contributed by atoms with E-state index >= 15 is 0 Å². The number of hydrogen-bond acceptors (Lipinski definition) is 6. The SMILES string of the molecule is Cc1c(O)ccc2c(COC(=O)c3n[nH]c4ccccc34)cc(=O)oc12. The van der Waals surface area contributed by atoms with Crippen LogP contribution in [0.2, 0.25) is 0 Å². The first-order valence-electron chi connectivity index (χ1n) is 7.90. The van der Waals surface area contributed by atoms with Crippen molar-refractivity contribution in [3.05, 3.63) is 69.7 Å². The van der Waals surface area contributed by atoms with Crippen LogP contribution in [0.15, 0.2) is 51.7 Å². The van der Waals surface area contributed by atoms with Crippen LogP contribution in [0.4, 0.5) is 0 Å². The number of ether oxygens (including phenoxy) is 1. The smallest absolute Gasteiger partial charge is 0.359 e. The lowest BCUT2D eigenvalue weighted by molar-refractivity contribution is 0.0469. The molecule has 0 amide bonds. The van der Waals surface area contributed by atoms with Crippen molar-refractivity contribution in [3.63, 3.8) is 0 Å². The maximum atomic E-state index is 12.4. The fourth-order valence-corrected chi connectivity index (χ4v) is 2.87. The van der Waals surface area contributed by atoms with Crippen LogP contribution < -0.4 is 5.63 Å². The number of nitrogens with one attached hydrogen (secondary N) is 1. The number of H-pyrrole nitrogens is 1. The standard InChI is InChI=1S/C19H14N2O5/c1-10-15(22)7-6-12-11(8-16(23)26-18(10)12)9-25-19(24)17-13-4-2-3-5-14(13)20-21-17/h2-8,22H,9H2,1H3,(H,20,21). The van der Waals surface area contributed by atoms with Crippen molar-refractivity contribution in [1.82, 2.24) is 10.2 Å². The summed E-state index contributed by atoms with van der Waals surface area (Å²) in [6.07, 6.45) is 0. The third-order valence-electron chi connectivity index (χ3n) is 4.24. The van der Waals surface area contributed by atoms with Crippen LogP contribution in [0, 0.1) is 6.92 Å². The van der Waals surface area contributed by atoms with Gasteiger partial charge >= 0.3 is 11.6 Å². The van der Waals surface area contributed by atoms with Crippen LogP contribution in [0.25, 0.3) is 21.9 Å². The number of aromatic hydroxyl groups is 1. The number of aromatic amines is 1. The summed E-state index contributed by atoms with van der Waals surface area (Å²) in [5.41, 5.74) is 1.55. The van der Waals surface area contributed by atoms with Gasteiger partial charge in [0.1, 0.15) is 17.9 Å². The third kappa shape index (κ3) is 2.59. The molecule has 2 heterocycles. The second-order valence-corrected chi connectivity index (χ2v) is 5.87. The molecule has 2 aromatic carbocycles. The highest BCUT2D eigenvalue weighted by molar-refractivity contribution is 6.01. The Labute approximate surface area is 146 Å². The molecule has 0 atom stereocenters. The van der Waals surface area contributed by atoms with Crippen LogP contribution in [0.1, 0.15) is 21.6 Å². The summed E-state index contributed by atoms with van der Waals surface area (Å²) in [7, 11) is 0. The molecule has 0 aliphatic carbocycles. The van der Waals surface area contributed by atoms with E-state index in [0.29, 0.717) is 21.9 Å². The molecule has 0 radical (unpaired) electrons. The fourth-order valence-electron chi connectivity index (χ4n) is 2.87. The van der Waals surface area contributed by atoms with Gasteiger partial charge in [0.15, 0.2) is 5.69 Å². The van der Waals surface area contributed by atoms with Crippen LogP contribution in [-0.4, -0.2) is 21.3 Å². The number of carbonyl (C=O) groups excluding carboxylic acids is 1. The number of aryl methyl sites for hydroxylation is 1. The molecule has 0 fully saturated rings. The summed E-state index contributed by atoms with van der Waals surface area (Å²) in [4.78, 5) is 24.2. The number of benzene rings is 2. The van der Waals surface area contributed by atoms with Crippen LogP contribution in [0.3, 0.4) is 0 Å². The number of para-hydroxylation sites is 1. The number of fused-ring (bicyclic) bond motifs is 2. The maximum Gasteiger partial charge on any atom is 0.359 e. The van der Waals surface area contributed by atoms with E-state index in [0.717, 1.165) is 5.52 Å². The summed E-state index contributed by atoms with van der Waals surface area (Å²) in [6, 6.07) is 11.6. The first-order valence-corrected chi connectivity index (χ1v) is 7.90. The van der Waals surface area contributed by atoms with E-state index in [1.165, 1.54) is 12.1 Å². The highest BCUT2D eigenvalue weighted by atomic mass is 16.5. The van der Waals surface area contributed by atoms with Crippen molar-refractivity contribution < 1.29 is 19.1 Å². The average molecular weight is 350 g/mol. The molecular weight excluding hydrogens is 336 g/mol. The first-order chi connectivity index (χ1) is 12.5. The molecule has 4 aromatic rings. The van der Waals surface area contributed by atoms with Gasteiger partial charge < -0.3 is 14.3 Å². The summed E-state index contributed by atoms with van der Waals surface area (Å²) < 4.78 is 10.5. The molecule has 4 rings (SSSR count). The van der Waals surface area contributed by atoms with Gasteiger partial charge in [-0.25, -0.2) is 9.59 Å².